The Morgan fingerprint density at radius 1 is 0.879 bits per heavy atom. The first kappa shape index (κ1) is 20.7. The number of hydrogen-bond donors (Lipinski definition) is 3. The number of aromatic nitrogens is 2. The van der Waals surface area contributed by atoms with Crippen LogP contribution in [-0.4, -0.2) is 45.4 Å². The van der Waals surface area contributed by atoms with Crippen LogP contribution in [0.3, 0.4) is 0 Å². The van der Waals surface area contributed by atoms with Gasteiger partial charge in [0.1, 0.15) is 11.5 Å². The molecule has 170 valence electrons. The summed E-state index contributed by atoms with van der Waals surface area (Å²) >= 11 is 0. The Kier molecular flexibility index (Phi) is 4.70. The number of carbonyl (C=O) groups is 2. The normalized spacial score (nSPS) is 15.3. The number of benzene rings is 2. The maximum atomic E-state index is 13.0. The number of nitrogens with one attached hydrogen (secondary N) is 1. The van der Waals surface area contributed by atoms with Gasteiger partial charge in [0.15, 0.2) is 11.8 Å². The Hall–Kier alpha value is -4.14. The summed E-state index contributed by atoms with van der Waals surface area (Å²) < 4.78 is 13.6. The zero-order chi connectivity index (χ0) is 23.3. The summed E-state index contributed by atoms with van der Waals surface area (Å²) in [5, 5.41) is 26.7. The first-order valence-electron chi connectivity index (χ1n) is 10.4. The van der Waals surface area contributed by atoms with Gasteiger partial charge in [0.25, 0.3) is 0 Å². The molecule has 2 aromatic heterocycles. The van der Waals surface area contributed by atoms with Crippen LogP contribution in [-0.2, 0) is 22.7 Å². The Morgan fingerprint density at radius 2 is 1.36 bits per heavy atom. The molecule has 1 aliphatic heterocycles. The first-order valence-corrected chi connectivity index (χ1v) is 10.4. The van der Waals surface area contributed by atoms with Crippen molar-refractivity contribution in [1.29, 1.82) is 0 Å². The molecule has 1 aliphatic rings. The number of imide groups is 1. The van der Waals surface area contributed by atoms with E-state index >= 15 is 0 Å². The van der Waals surface area contributed by atoms with Crippen LogP contribution in [0.15, 0.2) is 48.8 Å². The molecule has 9 heteroatoms. The molecule has 1 fully saturated rings. The van der Waals surface area contributed by atoms with Crippen molar-refractivity contribution in [3.05, 3.63) is 48.8 Å². The molecule has 4 aromatic rings. The van der Waals surface area contributed by atoms with Crippen molar-refractivity contribution in [1.82, 2.24) is 14.5 Å². The lowest BCUT2D eigenvalue weighted by Crippen LogP contribution is -2.38. The van der Waals surface area contributed by atoms with E-state index in [9.17, 15) is 19.8 Å². The summed E-state index contributed by atoms with van der Waals surface area (Å²) in [7, 11) is 3.12. The average Bonchev–Trinajstić information content (AvgIpc) is 3.38. The van der Waals surface area contributed by atoms with Crippen molar-refractivity contribution in [3.8, 4) is 23.3 Å². The molecule has 0 atom stereocenters. The van der Waals surface area contributed by atoms with E-state index in [0.29, 0.717) is 22.3 Å². The lowest BCUT2D eigenvalue weighted by atomic mass is 9.85. The third-order valence-corrected chi connectivity index (χ3v) is 6.31. The molecule has 33 heavy (non-hydrogen) atoms. The fourth-order valence-electron chi connectivity index (χ4n) is 4.61. The summed E-state index contributed by atoms with van der Waals surface area (Å²) in [5.41, 5.74) is -1.20. The van der Waals surface area contributed by atoms with Gasteiger partial charge in [-0.05, 0) is 36.4 Å². The molecule has 3 heterocycles. The van der Waals surface area contributed by atoms with Crippen molar-refractivity contribution in [2.24, 2.45) is 5.41 Å². The van der Waals surface area contributed by atoms with Gasteiger partial charge >= 0.3 is 0 Å². The molecule has 0 spiro atoms. The summed E-state index contributed by atoms with van der Waals surface area (Å²) in [6.45, 7) is 0.0926. The smallest absolute Gasteiger partial charge is 0.236 e. The molecular formula is C24H23N3O6. The van der Waals surface area contributed by atoms with Crippen molar-refractivity contribution in [2.75, 3.05) is 14.2 Å². The van der Waals surface area contributed by atoms with Crippen LogP contribution in [0.5, 0.6) is 23.3 Å². The number of amides is 2. The van der Waals surface area contributed by atoms with E-state index in [1.54, 1.807) is 72.1 Å². The van der Waals surface area contributed by atoms with Crippen LogP contribution >= 0.6 is 0 Å². The quantitative estimate of drug-likeness (QED) is 0.390. The highest BCUT2D eigenvalue weighted by Gasteiger charge is 2.48. The molecule has 3 N–H and O–H groups in total. The number of rotatable bonds is 6. The molecule has 9 nitrogen and oxygen atoms in total. The first-order chi connectivity index (χ1) is 15.8. The lowest BCUT2D eigenvalue weighted by Gasteiger charge is -2.27. The van der Waals surface area contributed by atoms with Crippen molar-refractivity contribution in [3.63, 3.8) is 0 Å². The summed E-state index contributed by atoms with van der Waals surface area (Å²) in [5.74, 6) is 0.425. The standard InChI is InChI=1S/C24H23N3O6/c1-32-16-3-5-18-14(7-16)10-26(21(18)29)12-24(9-20(28)25-23(24)31)13-27-11-15-8-17(33-2)4-6-19(15)22(27)30/h3-8,10-11,29-30H,9,12-13H2,1-2H3,(H,25,28,31). The van der Waals surface area contributed by atoms with Gasteiger partial charge < -0.3 is 28.8 Å². The van der Waals surface area contributed by atoms with Gasteiger partial charge in [-0.2, -0.15) is 0 Å². The minimum Gasteiger partial charge on any atom is -0.497 e. The third-order valence-electron chi connectivity index (χ3n) is 6.31. The van der Waals surface area contributed by atoms with Crippen molar-refractivity contribution >= 4 is 33.4 Å². The Morgan fingerprint density at radius 3 is 1.76 bits per heavy atom. The van der Waals surface area contributed by atoms with E-state index in [1.165, 1.54) is 0 Å². The third kappa shape index (κ3) is 3.32. The predicted molar refractivity (Wildman–Crippen MR) is 121 cm³/mol. The minimum absolute atomic E-state index is 0.00852. The van der Waals surface area contributed by atoms with Crippen LogP contribution in [0.1, 0.15) is 6.42 Å². The second kappa shape index (κ2) is 7.47. The van der Waals surface area contributed by atoms with E-state index in [4.69, 9.17) is 9.47 Å². The van der Waals surface area contributed by atoms with Gasteiger partial charge in [0.05, 0.1) is 19.6 Å². The molecule has 2 aromatic carbocycles. The zero-order valence-electron chi connectivity index (χ0n) is 18.2. The highest BCUT2D eigenvalue weighted by molar-refractivity contribution is 6.06. The van der Waals surface area contributed by atoms with Crippen LogP contribution in [0.2, 0.25) is 0 Å². The number of aromatic hydroxyl groups is 2. The zero-order valence-corrected chi connectivity index (χ0v) is 18.2. The fraction of sp³-hybridized carbons (Fsp3) is 0.250. The van der Waals surface area contributed by atoms with E-state index in [-0.39, 0.29) is 31.3 Å². The van der Waals surface area contributed by atoms with E-state index < -0.39 is 17.2 Å². The van der Waals surface area contributed by atoms with Gasteiger partial charge in [0, 0.05) is 53.4 Å². The molecule has 0 aliphatic carbocycles. The summed E-state index contributed by atoms with van der Waals surface area (Å²) in [6, 6.07) is 10.5. The number of carbonyl (C=O) groups excluding carboxylic acids is 2. The summed E-state index contributed by atoms with van der Waals surface area (Å²) in [6.07, 6.45) is 3.38. The highest BCUT2D eigenvalue weighted by atomic mass is 16.5. The average molecular weight is 449 g/mol. The minimum atomic E-state index is -1.20. The molecular weight excluding hydrogens is 426 g/mol. The van der Waals surface area contributed by atoms with Gasteiger partial charge in [-0.15, -0.1) is 0 Å². The number of ether oxygens (including phenoxy) is 2. The SMILES string of the molecule is COc1ccc2c(O)n(CC3(Cn4cc5cc(OC)ccc5c4O)CC(=O)NC3=O)cc2c1. The number of fused-ring (bicyclic) bond motifs is 2. The number of hydrogen-bond acceptors (Lipinski definition) is 6. The van der Waals surface area contributed by atoms with E-state index in [2.05, 4.69) is 5.32 Å². The number of methoxy groups -OCH3 is 2. The Labute approximate surface area is 188 Å². The molecule has 0 unspecified atom stereocenters. The number of nitrogens with zero attached hydrogens (tertiary/aromatic N) is 2. The van der Waals surface area contributed by atoms with E-state index in [1.807, 2.05) is 0 Å². The van der Waals surface area contributed by atoms with Gasteiger partial charge in [-0.3, -0.25) is 14.9 Å². The fourth-order valence-corrected chi connectivity index (χ4v) is 4.61. The van der Waals surface area contributed by atoms with Gasteiger partial charge in [0.2, 0.25) is 11.8 Å². The topological polar surface area (TPSA) is 115 Å². The molecule has 0 radical (unpaired) electrons. The van der Waals surface area contributed by atoms with E-state index in [0.717, 1.165) is 10.8 Å². The lowest BCUT2D eigenvalue weighted by molar-refractivity contribution is -0.129. The van der Waals surface area contributed by atoms with Crippen molar-refractivity contribution < 1.29 is 29.3 Å². The Bertz CT molecular complexity index is 1330. The van der Waals surface area contributed by atoms with Gasteiger partial charge in [-0.1, -0.05) is 0 Å². The second-order valence-electron chi connectivity index (χ2n) is 8.40. The molecule has 2 amide bonds. The molecule has 1 saturated heterocycles. The Balaban J connectivity index is 1.56. The maximum absolute atomic E-state index is 13.0. The highest BCUT2D eigenvalue weighted by Crippen LogP contribution is 2.39. The van der Waals surface area contributed by atoms with Crippen LogP contribution in [0, 0.1) is 5.41 Å². The van der Waals surface area contributed by atoms with Crippen molar-refractivity contribution in [2.45, 2.75) is 19.5 Å². The van der Waals surface area contributed by atoms with Crippen LogP contribution in [0.4, 0.5) is 0 Å². The molecule has 0 saturated carbocycles. The molecule has 0 bridgehead atoms. The molecule has 5 rings (SSSR count). The maximum Gasteiger partial charge on any atom is 0.236 e. The van der Waals surface area contributed by atoms with Gasteiger partial charge in [-0.25, -0.2) is 0 Å². The predicted octanol–water partition coefficient (Wildman–Crippen LogP) is 2.76. The van der Waals surface area contributed by atoms with Crippen LogP contribution < -0.4 is 14.8 Å². The monoisotopic (exact) mass is 449 g/mol. The largest absolute Gasteiger partial charge is 0.497 e. The van der Waals surface area contributed by atoms with Crippen LogP contribution in [0.25, 0.3) is 21.5 Å². The second-order valence-corrected chi connectivity index (χ2v) is 8.40. The summed E-state index contributed by atoms with van der Waals surface area (Å²) in [4.78, 5) is 25.2.